The molecule has 2 aliphatic heterocycles. The van der Waals surface area contributed by atoms with Crippen LogP contribution in [0.5, 0.6) is 0 Å². The van der Waals surface area contributed by atoms with Crippen LogP contribution in [0.1, 0.15) is 0 Å². The van der Waals surface area contributed by atoms with Crippen molar-refractivity contribution in [1.29, 1.82) is 0 Å². The van der Waals surface area contributed by atoms with Gasteiger partial charge in [0.25, 0.3) is 0 Å². The normalized spacial score (nSPS) is 36.9. The van der Waals surface area contributed by atoms with E-state index in [0.717, 1.165) is 13.1 Å². The molecule has 2 saturated heterocycles. The van der Waals surface area contributed by atoms with Crippen molar-refractivity contribution in [3.63, 3.8) is 0 Å². The van der Waals surface area contributed by atoms with Gasteiger partial charge in [0.15, 0.2) is 9.84 Å². The maximum atomic E-state index is 11.2. The summed E-state index contributed by atoms with van der Waals surface area (Å²) in [5, 5.41) is 11.5. The Labute approximate surface area is 89.1 Å². The number of hydrogen-bond acceptors (Lipinski definition) is 6. The molecule has 0 radical (unpaired) electrons. The van der Waals surface area contributed by atoms with E-state index in [-0.39, 0.29) is 17.5 Å². The third-order valence-electron chi connectivity index (χ3n) is 2.68. The van der Waals surface area contributed by atoms with E-state index in [1.54, 1.807) is 0 Å². The van der Waals surface area contributed by atoms with E-state index >= 15 is 0 Å². The molecule has 0 amide bonds. The van der Waals surface area contributed by atoms with Gasteiger partial charge in [0, 0.05) is 13.1 Å². The lowest BCUT2D eigenvalue weighted by molar-refractivity contribution is -0.00581. The second kappa shape index (κ2) is 4.34. The molecule has 0 aromatic rings. The number of morpholine rings is 1. The quantitative estimate of drug-likeness (QED) is 0.576. The Morgan fingerprint density at radius 1 is 1.27 bits per heavy atom. The van der Waals surface area contributed by atoms with Gasteiger partial charge in [-0.15, -0.1) is 0 Å². The average molecular weight is 236 g/mol. The Balaban J connectivity index is 1.89. The number of nitrogens with one attached hydrogen (secondary N) is 1. The molecule has 7 heteroatoms. The van der Waals surface area contributed by atoms with Gasteiger partial charge in [0.2, 0.25) is 0 Å². The number of sulfone groups is 1. The monoisotopic (exact) mass is 236 g/mol. The van der Waals surface area contributed by atoms with Crippen molar-refractivity contribution >= 4 is 9.84 Å². The molecular formula is C8H16N2O4S. The van der Waals surface area contributed by atoms with Crippen molar-refractivity contribution in [1.82, 2.24) is 10.4 Å². The first kappa shape index (κ1) is 11.3. The van der Waals surface area contributed by atoms with Gasteiger partial charge < -0.3 is 9.84 Å². The Hall–Kier alpha value is -0.210. The molecular weight excluding hydrogens is 220 g/mol. The van der Waals surface area contributed by atoms with E-state index in [9.17, 15) is 13.5 Å². The SMILES string of the molecule is O=S1(=O)C[C@@H](O)[C@H](NN2CCOCC2)C1. The van der Waals surface area contributed by atoms with Crippen LogP contribution >= 0.6 is 0 Å². The third-order valence-corrected chi connectivity index (χ3v) is 4.40. The first-order valence-electron chi connectivity index (χ1n) is 5.04. The number of ether oxygens (including phenoxy) is 1. The summed E-state index contributed by atoms with van der Waals surface area (Å²) in [4.78, 5) is 0. The maximum Gasteiger partial charge on any atom is 0.154 e. The Morgan fingerprint density at radius 2 is 1.93 bits per heavy atom. The van der Waals surface area contributed by atoms with Gasteiger partial charge in [-0.1, -0.05) is 0 Å². The number of hydrogen-bond donors (Lipinski definition) is 2. The highest BCUT2D eigenvalue weighted by atomic mass is 32.2. The zero-order chi connectivity index (χ0) is 10.9. The minimum absolute atomic E-state index is 0.0194. The lowest BCUT2D eigenvalue weighted by Gasteiger charge is -2.30. The van der Waals surface area contributed by atoms with Crippen LogP contribution < -0.4 is 5.43 Å². The number of nitrogens with zero attached hydrogens (tertiary/aromatic N) is 1. The molecule has 2 atom stereocenters. The molecule has 0 aromatic heterocycles. The van der Waals surface area contributed by atoms with E-state index in [1.807, 2.05) is 5.01 Å². The van der Waals surface area contributed by atoms with Gasteiger partial charge in [-0.3, -0.25) is 0 Å². The minimum atomic E-state index is -3.07. The second-order valence-electron chi connectivity index (χ2n) is 3.98. The highest BCUT2D eigenvalue weighted by Crippen LogP contribution is 2.13. The molecule has 15 heavy (non-hydrogen) atoms. The van der Waals surface area contributed by atoms with E-state index < -0.39 is 15.9 Å². The lowest BCUT2D eigenvalue weighted by atomic mass is 10.2. The Kier molecular flexibility index (Phi) is 3.27. The predicted octanol–water partition coefficient (Wildman–Crippen LogP) is -2.02. The Bertz CT molecular complexity index is 313. The fourth-order valence-electron chi connectivity index (χ4n) is 1.88. The summed E-state index contributed by atoms with van der Waals surface area (Å²) < 4.78 is 27.7. The fraction of sp³-hybridized carbons (Fsp3) is 1.00. The zero-order valence-electron chi connectivity index (χ0n) is 8.42. The largest absolute Gasteiger partial charge is 0.390 e. The summed E-state index contributed by atoms with van der Waals surface area (Å²) in [6, 6.07) is -0.368. The number of aliphatic hydroxyl groups excluding tert-OH is 1. The van der Waals surface area contributed by atoms with Crippen molar-refractivity contribution in [2.24, 2.45) is 0 Å². The molecule has 0 saturated carbocycles. The summed E-state index contributed by atoms with van der Waals surface area (Å²) in [7, 11) is -3.07. The van der Waals surface area contributed by atoms with Gasteiger partial charge >= 0.3 is 0 Å². The molecule has 88 valence electrons. The van der Waals surface area contributed by atoms with Gasteiger partial charge in [-0.25, -0.2) is 18.9 Å². The average Bonchev–Trinajstić information content (AvgIpc) is 2.41. The number of rotatable bonds is 2. The predicted molar refractivity (Wildman–Crippen MR) is 54.0 cm³/mol. The topological polar surface area (TPSA) is 78.9 Å². The van der Waals surface area contributed by atoms with Crippen LogP contribution in [0, 0.1) is 0 Å². The van der Waals surface area contributed by atoms with Crippen molar-refractivity contribution < 1.29 is 18.3 Å². The molecule has 2 fully saturated rings. The number of hydrazine groups is 1. The van der Waals surface area contributed by atoms with Gasteiger partial charge in [-0.05, 0) is 0 Å². The fourth-order valence-corrected chi connectivity index (χ4v) is 3.61. The first-order valence-corrected chi connectivity index (χ1v) is 6.86. The van der Waals surface area contributed by atoms with Crippen LogP contribution in [0.2, 0.25) is 0 Å². The molecule has 0 bridgehead atoms. The van der Waals surface area contributed by atoms with Gasteiger partial charge in [-0.2, -0.15) is 0 Å². The van der Waals surface area contributed by atoms with E-state index in [1.165, 1.54) is 0 Å². The smallest absolute Gasteiger partial charge is 0.154 e. The summed E-state index contributed by atoms with van der Waals surface area (Å²) in [6.45, 7) is 2.73. The molecule has 2 rings (SSSR count). The Morgan fingerprint density at radius 3 is 2.47 bits per heavy atom. The van der Waals surface area contributed by atoms with Crippen LogP contribution in [0.4, 0.5) is 0 Å². The standard InChI is InChI=1S/C8H16N2O4S/c11-8-6-15(12,13)5-7(8)9-10-1-3-14-4-2-10/h7-9,11H,1-6H2/t7-,8-/m1/s1. The number of aliphatic hydroxyl groups is 1. The van der Waals surface area contributed by atoms with Crippen LogP contribution in [-0.2, 0) is 14.6 Å². The molecule has 6 nitrogen and oxygen atoms in total. The van der Waals surface area contributed by atoms with Crippen LogP contribution in [0.25, 0.3) is 0 Å². The summed E-state index contributed by atoms with van der Waals surface area (Å²) in [5.41, 5.74) is 3.05. The van der Waals surface area contributed by atoms with Crippen molar-refractivity contribution in [3.05, 3.63) is 0 Å². The second-order valence-corrected chi connectivity index (χ2v) is 6.13. The molecule has 0 spiro atoms. The molecule has 0 unspecified atom stereocenters. The van der Waals surface area contributed by atoms with Crippen LogP contribution in [0.3, 0.4) is 0 Å². The van der Waals surface area contributed by atoms with Crippen LogP contribution in [0.15, 0.2) is 0 Å². The molecule has 2 aliphatic rings. The van der Waals surface area contributed by atoms with Gasteiger partial charge in [0.1, 0.15) is 0 Å². The van der Waals surface area contributed by atoms with E-state index in [4.69, 9.17) is 4.74 Å². The molecule has 2 N–H and O–H groups in total. The zero-order valence-corrected chi connectivity index (χ0v) is 9.24. The van der Waals surface area contributed by atoms with E-state index in [2.05, 4.69) is 5.43 Å². The molecule has 2 heterocycles. The third kappa shape index (κ3) is 2.88. The maximum absolute atomic E-state index is 11.2. The first-order chi connectivity index (χ1) is 7.07. The van der Waals surface area contributed by atoms with Crippen molar-refractivity contribution in [2.75, 3.05) is 37.8 Å². The molecule has 0 aliphatic carbocycles. The summed E-state index contributed by atoms with van der Waals surface area (Å²) >= 11 is 0. The highest BCUT2D eigenvalue weighted by Gasteiger charge is 2.37. The minimum Gasteiger partial charge on any atom is -0.390 e. The summed E-state index contributed by atoms with van der Waals surface area (Å²) in [5.74, 6) is -0.111. The van der Waals surface area contributed by atoms with Crippen molar-refractivity contribution in [3.8, 4) is 0 Å². The van der Waals surface area contributed by atoms with Crippen molar-refractivity contribution in [2.45, 2.75) is 12.1 Å². The lowest BCUT2D eigenvalue weighted by Crippen LogP contribution is -2.53. The highest BCUT2D eigenvalue weighted by molar-refractivity contribution is 7.91. The molecule has 0 aromatic carbocycles. The van der Waals surface area contributed by atoms with Gasteiger partial charge in [0.05, 0.1) is 36.9 Å². The van der Waals surface area contributed by atoms with E-state index in [0.29, 0.717) is 13.2 Å². The van der Waals surface area contributed by atoms with Crippen LogP contribution in [-0.4, -0.2) is 68.5 Å². The summed E-state index contributed by atoms with van der Waals surface area (Å²) in [6.07, 6.45) is -0.794.